The number of benzene rings is 1. The van der Waals surface area contributed by atoms with Gasteiger partial charge in [-0.05, 0) is 37.0 Å². The van der Waals surface area contributed by atoms with Gasteiger partial charge in [0.25, 0.3) is 0 Å². The Balaban J connectivity index is 1.96. The van der Waals surface area contributed by atoms with Crippen molar-refractivity contribution in [2.45, 2.75) is 46.2 Å². The van der Waals surface area contributed by atoms with Gasteiger partial charge in [-0.2, -0.15) is 0 Å². The summed E-state index contributed by atoms with van der Waals surface area (Å²) in [6, 6.07) is 5.28. The first-order valence-electron chi connectivity index (χ1n) is 8.29. The van der Waals surface area contributed by atoms with E-state index >= 15 is 0 Å². The van der Waals surface area contributed by atoms with Crippen LogP contribution in [-0.2, 0) is 4.79 Å². The van der Waals surface area contributed by atoms with Gasteiger partial charge in [0.05, 0.1) is 5.02 Å². The van der Waals surface area contributed by atoms with Crippen LogP contribution < -0.4 is 5.32 Å². The molecule has 1 heterocycles. The van der Waals surface area contributed by atoms with E-state index in [9.17, 15) is 9.18 Å². The molecule has 1 aromatic rings. The highest BCUT2D eigenvalue weighted by molar-refractivity contribution is 6.30. The Bertz CT molecular complexity index is 564. The van der Waals surface area contributed by atoms with Gasteiger partial charge >= 0.3 is 0 Å². The lowest BCUT2D eigenvalue weighted by molar-refractivity contribution is -0.136. The molecule has 0 spiro atoms. The molecule has 0 radical (unpaired) electrons. The van der Waals surface area contributed by atoms with Crippen molar-refractivity contribution in [2.24, 2.45) is 11.8 Å². The topological polar surface area (TPSA) is 32.3 Å². The van der Waals surface area contributed by atoms with Gasteiger partial charge in [0, 0.05) is 31.1 Å². The SMILES string of the molecule is CC(C)C(=O)N1CC[C@H](N[C@H](C)c2ccc(F)c(Cl)c2)[C@@H](C)C1. The highest BCUT2D eigenvalue weighted by atomic mass is 35.5. The molecule has 1 N–H and O–H groups in total. The zero-order valence-corrected chi connectivity index (χ0v) is 15.0. The van der Waals surface area contributed by atoms with Crippen LogP contribution in [0.15, 0.2) is 18.2 Å². The number of likely N-dealkylation sites (tertiary alicyclic amines) is 1. The van der Waals surface area contributed by atoms with Gasteiger partial charge in [-0.1, -0.05) is 38.4 Å². The summed E-state index contributed by atoms with van der Waals surface area (Å²) >= 11 is 5.87. The van der Waals surface area contributed by atoms with E-state index in [1.54, 1.807) is 12.1 Å². The molecule has 1 aromatic carbocycles. The van der Waals surface area contributed by atoms with Crippen molar-refractivity contribution in [3.63, 3.8) is 0 Å². The number of nitrogens with zero attached hydrogens (tertiary/aromatic N) is 1. The van der Waals surface area contributed by atoms with Gasteiger partial charge in [-0.25, -0.2) is 4.39 Å². The molecule has 0 unspecified atom stereocenters. The summed E-state index contributed by atoms with van der Waals surface area (Å²) in [5.41, 5.74) is 0.976. The Hall–Kier alpha value is -1.13. The van der Waals surface area contributed by atoms with Crippen LogP contribution in [0.3, 0.4) is 0 Å². The smallest absolute Gasteiger partial charge is 0.225 e. The van der Waals surface area contributed by atoms with Crippen LogP contribution in [0, 0.1) is 17.7 Å². The van der Waals surface area contributed by atoms with Crippen LogP contribution in [0.5, 0.6) is 0 Å². The summed E-state index contributed by atoms with van der Waals surface area (Å²) in [5.74, 6) is 0.266. The number of hydrogen-bond donors (Lipinski definition) is 1. The monoisotopic (exact) mass is 340 g/mol. The van der Waals surface area contributed by atoms with Crippen LogP contribution in [0.25, 0.3) is 0 Å². The molecule has 1 fully saturated rings. The van der Waals surface area contributed by atoms with Crippen LogP contribution >= 0.6 is 11.6 Å². The molecule has 3 atom stereocenters. The van der Waals surface area contributed by atoms with Gasteiger partial charge in [-0.3, -0.25) is 4.79 Å². The maximum absolute atomic E-state index is 13.3. The highest BCUT2D eigenvalue weighted by Gasteiger charge is 2.30. The average molecular weight is 341 g/mol. The van der Waals surface area contributed by atoms with Crippen LogP contribution in [-0.4, -0.2) is 29.9 Å². The Morgan fingerprint density at radius 1 is 1.39 bits per heavy atom. The number of carbonyl (C=O) groups is 1. The maximum atomic E-state index is 13.3. The fourth-order valence-corrected chi connectivity index (χ4v) is 3.35. The van der Waals surface area contributed by atoms with E-state index in [2.05, 4.69) is 19.2 Å². The molecule has 0 bridgehead atoms. The van der Waals surface area contributed by atoms with Crippen molar-refractivity contribution in [3.8, 4) is 0 Å². The second-order valence-electron chi connectivity index (χ2n) is 6.87. The zero-order valence-electron chi connectivity index (χ0n) is 14.3. The normalized spacial score (nSPS) is 23.2. The van der Waals surface area contributed by atoms with Crippen LogP contribution in [0.1, 0.15) is 45.7 Å². The largest absolute Gasteiger partial charge is 0.342 e. The van der Waals surface area contributed by atoms with Gasteiger partial charge in [-0.15, -0.1) is 0 Å². The Morgan fingerprint density at radius 2 is 2.09 bits per heavy atom. The lowest BCUT2D eigenvalue weighted by Gasteiger charge is -2.39. The number of nitrogens with one attached hydrogen (secondary N) is 1. The first kappa shape index (κ1) is 18.2. The number of piperidine rings is 1. The van der Waals surface area contributed by atoms with E-state index in [-0.39, 0.29) is 22.9 Å². The van der Waals surface area contributed by atoms with E-state index in [1.807, 2.05) is 18.7 Å². The first-order valence-corrected chi connectivity index (χ1v) is 8.67. The van der Waals surface area contributed by atoms with Gasteiger partial charge < -0.3 is 10.2 Å². The summed E-state index contributed by atoms with van der Waals surface area (Å²) in [6.07, 6.45) is 0.929. The molecule has 1 saturated heterocycles. The Morgan fingerprint density at radius 3 is 2.65 bits per heavy atom. The maximum Gasteiger partial charge on any atom is 0.225 e. The van der Waals surface area contributed by atoms with E-state index in [0.29, 0.717) is 12.0 Å². The Kier molecular flexibility index (Phi) is 6.04. The fourth-order valence-electron chi connectivity index (χ4n) is 3.16. The second-order valence-corrected chi connectivity index (χ2v) is 7.28. The quantitative estimate of drug-likeness (QED) is 0.897. The van der Waals surface area contributed by atoms with Crippen molar-refractivity contribution >= 4 is 17.5 Å². The third-order valence-electron chi connectivity index (χ3n) is 4.62. The molecule has 1 aliphatic heterocycles. The summed E-state index contributed by atoms with van der Waals surface area (Å²) < 4.78 is 13.3. The molecular weight excluding hydrogens is 315 g/mol. The predicted molar refractivity (Wildman–Crippen MR) is 91.9 cm³/mol. The molecule has 1 amide bonds. The van der Waals surface area contributed by atoms with Gasteiger partial charge in [0.2, 0.25) is 5.91 Å². The van der Waals surface area contributed by atoms with Gasteiger partial charge in [0.1, 0.15) is 5.82 Å². The first-order chi connectivity index (χ1) is 10.8. The number of carbonyl (C=O) groups excluding carboxylic acids is 1. The standard InChI is InChI=1S/C18H26ClFN2O/c1-11(2)18(23)22-8-7-17(12(3)10-22)21-13(4)14-5-6-16(20)15(19)9-14/h5-6,9,11-13,17,21H,7-8,10H2,1-4H3/t12-,13+,17-/m0/s1. The molecule has 0 saturated carbocycles. The van der Waals surface area contributed by atoms with Crippen LogP contribution in [0.2, 0.25) is 5.02 Å². The Labute approximate surface area is 143 Å². The number of hydrogen-bond acceptors (Lipinski definition) is 2. The van der Waals surface area contributed by atoms with E-state index in [4.69, 9.17) is 11.6 Å². The van der Waals surface area contributed by atoms with E-state index < -0.39 is 5.82 Å². The van der Waals surface area contributed by atoms with Crippen molar-refractivity contribution in [1.82, 2.24) is 10.2 Å². The number of amides is 1. The molecular formula is C18H26ClFN2O. The third-order valence-corrected chi connectivity index (χ3v) is 4.91. The summed E-state index contributed by atoms with van der Waals surface area (Å²) in [5, 5.41) is 3.76. The highest BCUT2D eigenvalue weighted by Crippen LogP contribution is 2.24. The minimum atomic E-state index is -0.392. The molecule has 0 aliphatic carbocycles. The fraction of sp³-hybridized carbons (Fsp3) is 0.611. The van der Waals surface area contributed by atoms with Crippen molar-refractivity contribution in [1.29, 1.82) is 0 Å². The third kappa shape index (κ3) is 4.45. The molecule has 2 rings (SSSR count). The summed E-state index contributed by atoms with van der Waals surface area (Å²) in [4.78, 5) is 14.1. The lowest BCUT2D eigenvalue weighted by atomic mass is 9.91. The molecule has 5 heteroatoms. The van der Waals surface area contributed by atoms with Crippen LogP contribution in [0.4, 0.5) is 4.39 Å². The van der Waals surface area contributed by atoms with Crippen molar-refractivity contribution < 1.29 is 9.18 Å². The van der Waals surface area contributed by atoms with E-state index in [0.717, 1.165) is 25.1 Å². The van der Waals surface area contributed by atoms with Crippen molar-refractivity contribution in [2.75, 3.05) is 13.1 Å². The van der Waals surface area contributed by atoms with Crippen molar-refractivity contribution in [3.05, 3.63) is 34.6 Å². The molecule has 23 heavy (non-hydrogen) atoms. The predicted octanol–water partition coefficient (Wildman–Crippen LogP) is 4.02. The average Bonchev–Trinajstić information content (AvgIpc) is 2.51. The van der Waals surface area contributed by atoms with E-state index in [1.165, 1.54) is 6.07 Å². The van der Waals surface area contributed by atoms with Gasteiger partial charge in [0.15, 0.2) is 0 Å². The summed E-state index contributed by atoms with van der Waals surface area (Å²) in [6.45, 7) is 9.68. The molecule has 0 aromatic heterocycles. The second kappa shape index (κ2) is 7.63. The molecule has 128 valence electrons. The lowest BCUT2D eigenvalue weighted by Crippen LogP contribution is -2.51. The number of halogens is 2. The minimum absolute atomic E-state index is 0.0481. The molecule has 3 nitrogen and oxygen atoms in total. The molecule has 1 aliphatic rings. The number of rotatable bonds is 4. The zero-order chi connectivity index (χ0) is 17.1. The summed E-state index contributed by atoms with van der Waals surface area (Å²) in [7, 11) is 0. The minimum Gasteiger partial charge on any atom is -0.342 e.